The van der Waals surface area contributed by atoms with Crippen molar-refractivity contribution in [2.75, 3.05) is 16.9 Å². The average Bonchev–Trinajstić information content (AvgIpc) is 2.90. The van der Waals surface area contributed by atoms with Gasteiger partial charge in [-0.3, -0.25) is 16.0 Å². The highest BCUT2D eigenvalue weighted by Gasteiger charge is 2.19. The van der Waals surface area contributed by atoms with Crippen LogP contribution >= 0.6 is 0 Å². The summed E-state index contributed by atoms with van der Waals surface area (Å²) in [6.45, 7) is 1.67. The van der Waals surface area contributed by atoms with Crippen molar-refractivity contribution in [3.05, 3.63) is 63.7 Å². The van der Waals surface area contributed by atoms with E-state index in [4.69, 9.17) is 5.84 Å². The molecule has 1 aliphatic rings. The van der Waals surface area contributed by atoms with Gasteiger partial charge in [0.1, 0.15) is 5.69 Å². The summed E-state index contributed by atoms with van der Waals surface area (Å²) in [5.41, 5.74) is 6.30. The molecule has 0 bridgehead atoms. The first-order valence-corrected chi connectivity index (χ1v) is 6.76. The lowest BCUT2D eigenvalue weighted by Gasteiger charge is -2.19. The van der Waals surface area contributed by atoms with Gasteiger partial charge in [0.05, 0.1) is 4.92 Å². The molecule has 1 aliphatic heterocycles. The van der Waals surface area contributed by atoms with Crippen molar-refractivity contribution < 1.29 is 4.92 Å². The lowest BCUT2D eigenvalue weighted by Crippen LogP contribution is -2.20. The number of hydrogen-bond donors (Lipinski definition) is 2. The molecule has 0 spiro atoms. The minimum absolute atomic E-state index is 0.0110. The normalized spacial score (nSPS) is 13.1. The zero-order valence-corrected chi connectivity index (χ0v) is 11.5. The fourth-order valence-electron chi connectivity index (χ4n) is 2.75. The van der Waals surface area contributed by atoms with E-state index in [2.05, 4.69) is 22.5 Å². The van der Waals surface area contributed by atoms with E-state index in [1.165, 1.54) is 17.3 Å². The van der Waals surface area contributed by atoms with Gasteiger partial charge in [-0.15, -0.1) is 0 Å². The monoisotopic (exact) mass is 284 g/mol. The number of nitrogens with one attached hydrogen (secondary N) is 1. The van der Waals surface area contributed by atoms with E-state index in [1.54, 1.807) is 12.1 Å². The minimum Gasteiger partial charge on any atom is -0.367 e. The van der Waals surface area contributed by atoms with Crippen LogP contribution in [0.15, 0.2) is 42.5 Å². The number of anilines is 2. The quantitative estimate of drug-likeness (QED) is 0.512. The molecule has 0 saturated heterocycles. The SMILES string of the molecule is NNc1cc(CN2CCc3ccccc32)ccc1[N+](=O)[O-]. The van der Waals surface area contributed by atoms with Crippen LogP contribution in [0.3, 0.4) is 0 Å². The predicted octanol–water partition coefficient (Wildman–Crippen LogP) is 2.44. The fraction of sp³-hybridized carbons (Fsp3) is 0.200. The zero-order chi connectivity index (χ0) is 14.8. The third kappa shape index (κ3) is 2.53. The molecule has 21 heavy (non-hydrogen) atoms. The van der Waals surface area contributed by atoms with Gasteiger partial charge in [-0.2, -0.15) is 0 Å². The maximum Gasteiger partial charge on any atom is 0.293 e. The van der Waals surface area contributed by atoms with Gasteiger partial charge in [0.15, 0.2) is 0 Å². The molecule has 3 rings (SSSR count). The Labute approximate surface area is 122 Å². The van der Waals surface area contributed by atoms with Crippen molar-refractivity contribution in [1.82, 2.24) is 0 Å². The van der Waals surface area contributed by atoms with Crippen molar-refractivity contribution in [3.63, 3.8) is 0 Å². The third-order valence-corrected chi connectivity index (χ3v) is 3.77. The summed E-state index contributed by atoms with van der Waals surface area (Å²) in [4.78, 5) is 12.7. The minimum atomic E-state index is -0.440. The Morgan fingerprint density at radius 3 is 2.86 bits per heavy atom. The Morgan fingerprint density at radius 2 is 2.10 bits per heavy atom. The first-order chi connectivity index (χ1) is 10.2. The van der Waals surface area contributed by atoms with Gasteiger partial charge in [0.2, 0.25) is 0 Å². The molecule has 0 aromatic heterocycles. The summed E-state index contributed by atoms with van der Waals surface area (Å²) in [5.74, 6) is 5.37. The van der Waals surface area contributed by atoms with Crippen LogP contribution in [0.5, 0.6) is 0 Å². The second kappa shape index (κ2) is 5.41. The molecule has 2 aromatic rings. The third-order valence-electron chi connectivity index (χ3n) is 3.77. The number of fused-ring (bicyclic) bond motifs is 1. The molecule has 6 nitrogen and oxygen atoms in total. The van der Waals surface area contributed by atoms with Crippen molar-refractivity contribution in [2.45, 2.75) is 13.0 Å². The molecule has 0 fully saturated rings. The molecule has 0 atom stereocenters. The highest BCUT2D eigenvalue weighted by atomic mass is 16.6. The average molecular weight is 284 g/mol. The molecular weight excluding hydrogens is 268 g/mol. The maximum absolute atomic E-state index is 10.9. The number of nitrogen functional groups attached to an aromatic ring is 1. The van der Waals surface area contributed by atoms with Gasteiger partial charge in [0, 0.05) is 24.8 Å². The molecule has 6 heteroatoms. The first-order valence-electron chi connectivity index (χ1n) is 6.76. The maximum atomic E-state index is 10.9. The van der Waals surface area contributed by atoms with Gasteiger partial charge in [-0.05, 0) is 29.7 Å². The van der Waals surface area contributed by atoms with Crippen LogP contribution in [0.25, 0.3) is 0 Å². The van der Waals surface area contributed by atoms with E-state index >= 15 is 0 Å². The van der Waals surface area contributed by atoms with Gasteiger partial charge in [0.25, 0.3) is 5.69 Å². The van der Waals surface area contributed by atoms with Crippen LogP contribution in [-0.2, 0) is 13.0 Å². The summed E-state index contributed by atoms with van der Waals surface area (Å²) < 4.78 is 0. The van der Waals surface area contributed by atoms with Crippen LogP contribution in [0.4, 0.5) is 17.1 Å². The first kappa shape index (κ1) is 13.4. The van der Waals surface area contributed by atoms with E-state index in [0.717, 1.165) is 18.5 Å². The second-order valence-corrected chi connectivity index (χ2v) is 5.05. The van der Waals surface area contributed by atoms with Gasteiger partial charge in [-0.1, -0.05) is 24.3 Å². The summed E-state index contributed by atoms with van der Waals surface area (Å²) in [7, 11) is 0. The van der Waals surface area contributed by atoms with Crippen molar-refractivity contribution in [1.29, 1.82) is 0 Å². The topological polar surface area (TPSA) is 84.4 Å². The Kier molecular flexibility index (Phi) is 3.45. The molecule has 1 heterocycles. The number of nitrogens with zero attached hydrogens (tertiary/aromatic N) is 2. The molecule has 3 N–H and O–H groups in total. The number of rotatable bonds is 4. The summed E-state index contributed by atoms with van der Waals surface area (Å²) in [5, 5.41) is 10.9. The largest absolute Gasteiger partial charge is 0.367 e. The fourth-order valence-corrected chi connectivity index (χ4v) is 2.75. The number of para-hydroxylation sites is 1. The summed E-state index contributed by atoms with van der Waals surface area (Å²) in [6, 6.07) is 13.3. The van der Waals surface area contributed by atoms with Gasteiger partial charge in [-0.25, -0.2) is 0 Å². The van der Waals surface area contributed by atoms with Crippen LogP contribution in [0, 0.1) is 10.1 Å². The van der Waals surface area contributed by atoms with Crippen molar-refractivity contribution in [2.24, 2.45) is 5.84 Å². The highest BCUT2D eigenvalue weighted by molar-refractivity contribution is 5.63. The van der Waals surface area contributed by atoms with E-state index in [-0.39, 0.29) is 5.69 Å². The number of nitro benzene ring substituents is 1. The summed E-state index contributed by atoms with van der Waals surface area (Å²) >= 11 is 0. The lowest BCUT2D eigenvalue weighted by atomic mass is 10.1. The highest BCUT2D eigenvalue weighted by Crippen LogP contribution is 2.30. The molecular formula is C15H16N4O2. The van der Waals surface area contributed by atoms with Crippen LogP contribution < -0.4 is 16.2 Å². The Hall–Kier alpha value is -2.60. The van der Waals surface area contributed by atoms with Crippen LogP contribution in [-0.4, -0.2) is 11.5 Å². The molecule has 0 amide bonds. The number of nitro groups is 1. The summed E-state index contributed by atoms with van der Waals surface area (Å²) in [6.07, 6.45) is 1.03. The molecule has 0 radical (unpaired) electrons. The van der Waals surface area contributed by atoms with Crippen molar-refractivity contribution in [3.8, 4) is 0 Å². The van der Waals surface area contributed by atoms with Gasteiger partial charge < -0.3 is 10.3 Å². The number of nitrogens with two attached hydrogens (primary N) is 1. The molecule has 108 valence electrons. The van der Waals surface area contributed by atoms with E-state index in [0.29, 0.717) is 12.2 Å². The van der Waals surface area contributed by atoms with E-state index in [9.17, 15) is 10.1 Å². The van der Waals surface area contributed by atoms with E-state index in [1.807, 2.05) is 12.1 Å². The number of benzene rings is 2. The number of hydrogen-bond acceptors (Lipinski definition) is 5. The molecule has 0 unspecified atom stereocenters. The Morgan fingerprint density at radius 1 is 1.29 bits per heavy atom. The predicted molar refractivity (Wildman–Crippen MR) is 82.1 cm³/mol. The zero-order valence-electron chi connectivity index (χ0n) is 11.5. The van der Waals surface area contributed by atoms with Crippen LogP contribution in [0.1, 0.15) is 11.1 Å². The molecule has 0 aliphatic carbocycles. The van der Waals surface area contributed by atoms with Crippen molar-refractivity contribution >= 4 is 17.1 Å². The lowest BCUT2D eigenvalue weighted by molar-refractivity contribution is -0.384. The molecule has 2 aromatic carbocycles. The Balaban J connectivity index is 1.85. The Bertz CT molecular complexity index is 687. The van der Waals surface area contributed by atoms with Crippen LogP contribution in [0.2, 0.25) is 0 Å². The van der Waals surface area contributed by atoms with Gasteiger partial charge >= 0.3 is 0 Å². The molecule has 0 saturated carbocycles. The number of hydrazine groups is 1. The van der Waals surface area contributed by atoms with E-state index < -0.39 is 4.92 Å². The smallest absolute Gasteiger partial charge is 0.293 e. The standard InChI is InChI=1S/C15H16N4O2/c16-17-13-9-11(5-6-15(13)19(20)21)10-18-8-7-12-3-1-2-4-14(12)18/h1-6,9,17H,7-8,10,16H2. The second-order valence-electron chi connectivity index (χ2n) is 5.05.